The van der Waals surface area contributed by atoms with Crippen LogP contribution in [0.2, 0.25) is 5.02 Å². The van der Waals surface area contributed by atoms with Gasteiger partial charge in [0.1, 0.15) is 6.04 Å². The molecule has 2 aromatic carbocycles. The molecule has 0 radical (unpaired) electrons. The number of aryl methyl sites for hydroxylation is 2. The SMILES string of the molecule is CCC(C(=O)Nc1cccc(Cl)c1C)N(c1ccc(C)c(C)c1)S(C)(=O)=O. The lowest BCUT2D eigenvalue weighted by atomic mass is 10.1. The Kier molecular flexibility index (Phi) is 6.54. The molecule has 2 aromatic rings. The highest BCUT2D eigenvalue weighted by molar-refractivity contribution is 7.92. The van der Waals surface area contributed by atoms with E-state index < -0.39 is 22.0 Å². The maximum Gasteiger partial charge on any atom is 0.248 e. The molecule has 7 heteroatoms. The Bertz CT molecular complexity index is 958. The largest absolute Gasteiger partial charge is 0.324 e. The molecule has 0 aromatic heterocycles. The number of benzene rings is 2. The van der Waals surface area contributed by atoms with Crippen LogP contribution in [0, 0.1) is 20.8 Å². The van der Waals surface area contributed by atoms with Gasteiger partial charge in [-0.2, -0.15) is 0 Å². The van der Waals surface area contributed by atoms with Crippen molar-refractivity contribution in [3.8, 4) is 0 Å². The van der Waals surface area contributed by atoms with Gasteiger partial charge in [0.15, 0.2) is 0 Å². The summed E-state index contributed by atoms with van der Waals surface area (Å²) in [7, 11) is -3.67. The Hall–Kier alpha value is -2.05. The molecule has 0 fully saturated rings. The fourth-order valence-electron chi connectivity index (χ4n) is 2.88. The lowest BCUT2D eigenvalue weighted by Crippen LogP contribution is -2.47. The highest BCUT2D eigenvalue weighted by atomic mass is 35.5. The predicted molar refractivity (Wildman–Crippen MR) is 112 cm³/mol. The molecule has 0 aliphatic heterocycles. The van der Waals surface area contributed by atoms with E-state index >= 15 is 0 Å². The predicted octanol–water partition coefficient (Wildman–Crippen LogP) is 4.45. The van der Waals surface area contributed by atoms with Crippen molar-refractivity contribution < 1.29 is 13.2 Å². The first-order valence-corrected chi connectivity index (χ1v) is 10.9. The number of carbonyl (C=O) groups excluding carboxylic acids is 1. The molecule has 1 amide bonds. The van der Waals surface area contributed by atoms with Crippen LogP contribution in [0.25, 0.3) is 0 Å². The fraction of sp³-hybridized carbons (Fsp3) is 0.350. The van der Waals surface area contributed by atoms with Gasteiger partial charge in [-0.25, -0.2) is 8.42 Å². The third kappa shape index (κ3) is 4.82. The second kappa shape index (κ2) is 8.31. The van der Waals surface area contributed by atoms with Crippen LogP contribution in [0.5, 0.6) is 0 Å². The standard InChI is InChI=1S/C20H25ClN2O3S/c1-6-19(20(24)22-18-9-7-8-17(21)15(18)4)23(27(5,25)26)16-11-10-13(2)14(3)12-16/h7-12,19H,6H2,1-5H3,(H,22,24). The van der Waals surface area contributed by atoms with Crippen LogP contribution in [0.15, 0.2) is 36.4 Å². The Morgan fingerprint density at radius 1 is 1.15 bits per heavy atom. The number of nitrogens with one attached hydrogen (secondary N) is 1. The van der Waals surface area contributed by atoms with E-state index in [1.165, 1.54) is 4.31 Å². The Labute approximate surface area is 166 Å². The second-order valence-corrected chi connectivity index (χ2v) is 8.92. The minimum absolute atomic E-state index is 0.325. The monoisotopic (exact) mass is 408 g/mol. The van der Waals surface area contributed by atoms with E-state index in [2.05, 4.69) is 5.32 Å². The van der Waals surface area contributed by atoms with Crippen molar-refractivity contribution in [1.82, 2.24) is 0 Å². The number of anilines is 2. The van der Waals surface area contributed by atoms with Gasteiger partial charge >= 0.3 is 0 Å². The third-order valence-corrected chi connectivity index (χ3v) is 6.19. The lowest BCUT2D eigenvalue weighted by Gasteiger charge is -2.30. The maximum absolute atomic E-state index is 13.0. The smallest absolute Gasteiger partial charge is 0.248 e. The molecule has 0 saturated carbocycles. The summed E-state index contributed by atoms with van der Waals surface area (Å²) < 4.78 is 26.3. The molecule has 5 nitrogen and oxygen atoms in total. The zero-order valence-corrected chi connectivity index (χ0v) is 17.8. The molecule has 0 bridgehead atoms. The van der Waals surface area contributed by atoms with Crippen molar-refractivity contribution in [3.05, 3.63) is 58.1 Å². The van der Waals surface area contributed by atoms with E-state index in [0.29, 0.717) is 22.8 Å². The first-order chi connectivity index (χ1) is 12.6. The first-order valence-electron chi connectivity index (χ1n) is 8.69. The molecule has 146 valence electrons. The number of nitrogens with zero attached hydrogens (tertiary/aromatic N) is 1. The summed E-state index contributed by atoms with van der Waals surface area (Å²) in [5.74, 6) is -0.397. The number of halogens is 1. The number of sulfonamides is 1. The minimum Gasteiger partial charge on any atom is -0.324 e. The number of hydrogen-bond donors (Lipinski definition) is 1. The van der Waals surface area contributed by atoms with Gasteiger partial charge in [-0.05, 0) is 68.1 Å². The third-order valence-electron chi connectivity index (χ3n) is 4.60. The van der Waals surface area contributed by atoms with Crippen molar-refractivity contribution in [2.24, 2.45) is 0 Å². The molecule has 1 atom stereocenters. The molecule has 0 saturated heterocycles. The van der Waals surface area contributed by atoms with E-state index in [1.807, 2.05) is 19.9 Å². The lowest BCUT2D eigenvalue weighted by molar-refractivity contribution is -0.117. The van der Waals surface area contributed by atoms with Crippen molar-refractivity contribution in [1.29, 1.82) is 0 Å². The highest BCUT2D eigenvalue weighted by Gasteiger charge is 2.32. The van der Waals surface area contributed by atoms with Crippen LogP contribution in [-0.2, 0) is 14.8 Å². The van der Waals surface area contributed by atoms with Crippen LogP contribution in [0.1, 0.15) is 30.0 Å². The summed E-state index contributed by atoms with van der Waals surface area (Å²) in [5, 5.41) is 3.36. The van der Waals surface area contributed by atoms with E-state index in [-0.39, 0.29) is 0 Å². The number of carbonyl (C=O) groups is 1. The van der Waals surface area contributed by atoms with E-state index in [0.717, 1.165) is 22.9 Å². The van der Waals surface area contributed by atoms with Crippen molar-refractivity contribution in [2.75, 3.05) is 15.9 Å². The molecule has 27 heavy (non-hydrogen) atoms. The zero-order chi connectivity index (χ0) is 20.4. The van der Waals surface area contributed by atoms with E-state index in [1.54, 1.807) is 44.2 Å². The van der Waals surface area contributed by atoms with Crippen molar-refractivity contribution in [3.63, 3.8) is 0 Å². The number of amides is 1. The maximum atomic E-state index is 13.0. The van der Waals surface area contributed by atoms with Gasteiger partial charge in [-0.3, -0.25) is 9.10 Å². The average Bonchev–Trinajstić information content (AvgIpc) is 2.58. The highest BCUT2D eigenvalue weighted by Crippen LogP contribution is 2.27. The van der Waals surface area contributed by atoms with Gasteiger partial charge in [0.05, 0.1) is 11.9 Å². The fourth-order valence-corrected chi connectivity index (χ4v) is 4.26. The average molecular weight is 409 g/mol. The van der Waals surface area contributed by atoms with Crippen molar-refractivity contribution >= 4 is 38.9 Å². The van der Waals surface area contributed by atoms with Crippen LogP contribution in [-0.4, -0.2) is 26.6 Å². The molecule has 1 unspecified atom stereocenters. The summed E-state index contributed by atoms with van der Waals surface area (Å²) in [5.41, 5.74) is 3.80. The summed E-state index contributed by atoms with van der Waals surface area (Å²) >= 11 is 6.12. The molecular weight excluding hydrogens is 384 g/mol. The summed E-state index contributed by atoms with van der Waals surface area (Å²) in [6, 6.07) is 9.72. The van der Waals surface area contributed by atoms with E-state index in [9.17, 15) is 13.2 Å². The van der Waals surface area contributed by atoms with Gasteiger partial charge < -0.3 is 5.32 Å². The molecule has 0 heterocycles. The summed E-state index contributed by atoms with van der Waals surface area (Å²) in [6.07, 6.45) is 1.44. The Morgan fingerprint density at radius 2 is 1.81 bits per heavy atom. The number of hydrogen-bond acceptors (Lipinski definition) is 3. The number of rotatable bonds is 6. The molecule has 0 spiro atoms. The summed E-state index contributed by atoms with van der Waals surface area (Å²) in [4.78, 5) is 13.0. The van der Waals surface area contributed by atoms with Crippen LogP contribution in [0.4, 0.5) is 11.4 Å². The first kappa shape index (κ1) is 21.3. The second-order valence-electron chi connectivity index (χ2n) is 6.65. The normalized spacial score (nSPS) is 12.5. The van der Waals surface area contributed by atoms with Gasteiger partial charge in [0.25, 0.3) is 0 Å². The van der Waals surface area contributed by atoms with Crippen LogP contribution in [0.3, 0.4) is 0 Å². The van der Waals surface area contributed by atoms with Gasteiger partial charge in [-0.15, -0.1) is 0 Å². The Balaban J connectivity index is 2.44. The van der Waals surface area contributed by atoms with Crippen molar-refractivity contribution in [2.45, 2.75) is 40.2 Å². The molecule has 2 rings (SSSR count). The zero-order valence-electron chi connectivity index (χ0n) is 16.2. The molecule has 1 N–H and O–H groups in total. The topological polar surface area (TPSA) is 66.5 Å². The Morgan fingerprint density at radius 3 is 2.37 bits per heavy atom. The van der Waals surface area contributed by atoms with Gasteiger partial charge in [0.2, 0.25) is 15.9 Å². The quantitative estimate of drug-likeness (QED) is 0.767. The van der Waals surface area contributed by atoms with Gasteiger partial charge in [0, 0.05) is 10.7 Å². The summed E-state index contributed by atoms with van der Waals surface area (Å²) in [6.45, 7) is 7.45. The van der Waals surface area contributed by atoms with Gasteiger partial charge in [-0.1, -0.05) is 30.7 Å². The molecule has 0 aliphatic carbocycles. The van der Waals surface area contributed by atoms with Crippen LogP contribution < -0.4 is 9.62 Å². The van der Waals surface area contributed by atoms with E-state index in [4.69, 9.17) is 11.6 Å². The van der Waals surface area contributed by atoms with Crippen LogP contribution >= 0.6 is 11.6 Å². The molecule has 0 aliphatic rings. The molecular formula is C20H25ClN2O3S. The minimum atomic E-state index is -3.67.